The zero-order valence-corrected chi connectivity index (χ0v) is 14.3. The number of aromatic nitrogens is 2. The molecule has 1 aliphatic rings. The lowest BCUT2D eigenvalue weighted by Gasteiger charge is -2.33. The van der Waals surface area contributed by atoms with Crippen LogP contribution in [0.15, 0.2) is 30.5 Å². The van der Waals surface area contributed by atoms with Crippen molar-refractivity contribution in [3.05, 3.63) is 41.7 Å². The van der Waals surface area contributed by atoms with Crippen LogP contribution in [-0.2, 0) is 4.79 Å². The van der Waals surface area contributed by atoms with Crippen LogP contribution in [0.25, 0.3) is 11.1 Å². The molecule has 2 heterocycles. The number of aryl methyl sites for hydroxylation is 1. The molecule has 0 aliphatic carbocycles. The Morgan fingerprint density at radius 2 is 2.17 bits per heavy atom. The average Bonchev–Trinajstić information content (AvgIpc) is 3.10. The van der Waals surface area contributed by atoms with E-state index in [2.05, 4.69) is 41.4 Å². The van der Waals surface area contributed by atoms with Crippen LogP contribution >= 0.6 is 0 Å². The molecule has 128 valence electrons. The summed E-state index contributed by atoms with van der Waals surface area (Å²) in [5, 5.41) is 17.2. The average molecular weight is 327 g/mol. The van der Waals surface area contributed by atoms with Crippen molar-refractivity contribution < 1.29 is 9.90 Å². The standard InChI is InChI=1S/C19H25N3O2/c1-3-17(23)19(24)22-9-7-14(8-10-22)18-16(12-20-21-18)15-6-4-5-13(2)11-15/h4-6,11-12,14,17,23H,3,7-10H2,1-2H3,(H,20,21)/t17-/m1/s1. The molecule has 1 aliphatic heterocycles. The molecule has 0 spiro atoms. The molecule has 0 unspecified atom stereocenters. The smallest absolute Gasteiger partial charge is 0.251 e. The molecule has 5 nitrogen and oxygen atoms in total. The van der Waals surface area contributed by atoms with Gasteiger partial charge < -0.3 is 10.0 Å². The van der Waals surface area contributed by atoms with E-state index in [0.717, 1.165) is 24.1 Å². The number of carbonyl (C=O) groups is 1. The molecule has 1 atom stereocenters. The number of H-pyrrole nitrogens is 1. The van der Waals surface area contributed by atoms with Crippen LogP contribution in [0.5, 0.6) is 0 Å². The second-order valence-electron chi connectivity index (χ2n) is 6.59. The first-order valence-electron chi connectivity index (χ1n) is 8.67. The number of carbonyl (C=O) groups excluding carboxylic acids is 1. The molecule has 0 bridgehead atoms. The number of hydrogen-bond donors (Lipinski definition) is 2. The summed E-state index contributed by atoms with van der Waals surface area (Å²) in [6.45, 7) is 5.29. The van der Waals surface area contributed by atoms with Gasteiger partial charge in [-0.05, 0) is 31.7 Å². The van der Waals surface area contributed by atoms with E-state index in [-0.39, 0.29) is 5.91 Å². The van der Waals surface area contributed by atoms with E-state index in [1.54, 1.807) is 4.90 Å². The number of rotatable bonds is 4. The number of amides is 1. The fraction of sp³-hybridized carbons (Fsp3) is 0.474. The normalized spacial score (nSPS) is 17.0. The lowest BCUT2D eigenvalue weighted by molar-refractivity contribution is -0.141. The minimum absolute atomic E-state index is 0.139. The summed E-state index contributed by atoms with van der Waals surface area (Å²) in [7, 11) is 0. The molecule has 2 aromatic rings. The second kappa shape index (κ2) is 7.18. The molecular formula is C19H25N3O2. The summed E-state index contributed by atoms with van der Waals surface area (Å²) in [5.41, 5.74) is 4.72. The molecule has 2 N–H and O–H groups in total. The zero-order valence-electron chi connectivity index (χ0n) is 14.3. The second-order valence-corrected chi connectivity index (χ2v) is 6.59. The number of nitrogens with one attached hydrogen (secondary N) is 1. The summed E-state index contributed by atoms with van der Waals surface area (Å²) in [4.78, 5) is 13.9. The highest BCUT2D eigenvalue weighted by Gasteiger charge is 2.28. The Hall–Kier alpha value is -2.14. The van der Waals surface area contributed by atoms with Crippen molar-refractivity contribution in [2.24, 2.45) is 0 Å². The van der Waals surface area contributed by atoms with E-state index in [1.165, 1.54) is 11.1 Å². The van der Waals surface area contributed by atoms with Gasteiger partial charge in [0.05, 0.1) is 6.20 Å². The van der Waals surface area contributed by atoms with Crippen LogP contribution in [-0.4, -0.2) is 45.3 Å². The number of nitrogens with zero attached hydrogens (tertiary/aromatic N) is 2. The quantitative estimate of drug-likeness (QED) is 0.907. The number of benzene rings is 1. The Balaban J connectivity index is 1.72. The minimum atomic E-state index is -0.864. The predicted octanol–water partition coefficient (Wildman–Crippen LogP) is 2.86. The van der Waals surface area contributed by atoms with Gasteiger partial charge in [0.1, 0.15) is 6.10 Å². The number of hydrogen-bond acceptors (Lipinski definition) is 3. The molecular weight excluding hydrogens is 302 g/mol. The van der Waals surface area contributed by atoms with E-state index in [1.807, 2.05) is 13.1 Å². The maximum Gasteiger partial charge on any atom is 0.251 e. The van der Waals surface area contributed by atoms with Gasteiger partial charge in [-0.3, -0.25) is 9.89 Å². The number of likely N-dealkylation sites (tertiary alicyclic amines) is 1. The van der Waals surface area contributed by atoms with E-state index in [4.69, 9.17) is 0 Å². The summed E-state index contributed by atoms with van der Waals surface area (Å²) in [6, 6.07) is 8.43. The molecule has 1 aromatic carbocycles. The Morgan fingerprint density at radius 3 is 2.83 bits per heavy atom. The van der Waals surface area contributed by atoms with Gasteiger partial charge >= 0.3 is 0 Å². The highest BCUT2D eigenvalue weighted by Crippen LogP contribution is 2.34. The van der Waals surface area contributed by atoms with Crippen molar-refractivity contribution in [1.29, 1.82) is 0 Å². The maximum absolute atomic E-state index is 12.1. The first kappa shape index (κ1) is 16.7. The fourth-order valence-electron chi connectivity index (χ4n) is 3.42. The van der Waals surface area contributed by atoms with Gasteiger partial charge in [-0.15, -0.1) is 0 Å². The van der Waals surface area contributed by atoms with E-state index < -0.39 is 6.10 Å². The van der Waals surface area contributed by atoms with Crippen LogP contribution in [0.3, 0.4) is 0 Å². The summed E-state index contributed by atoms with van der Waals surface area (Å²) < 4.78 is 0. The largest absolute Gasteiger partial charge is 0.383 e. The first-order valence-corrected chi connectivity index (χ1v) is 8.67. The number of aromatic amines is 1. The Bertz CT molecular complexity index is 702. The molecule has 1 saturated heterocycles. The van der Waals surface area contributed by atoms with Gasteiger partial charge in [-0.25, -0.2) is 0 Å². The van der Waals surface area contributed by atoms with Crippen molar-refractivity contribution >= 4 is 5.91 Å². The van der Waals surface area contributed by atoms with Crippen LogP contribution in [0, 0.1) is 6.92 Å². The maximum atomic E-state index is 12.1. The molecule has 0 saturated carbocycles. The van der Waals surface area contributed by atoms with Gasteiger partial charge in [0.15, 0.2) is 0 Å². The Labute approximate surface area is 142 Å². The molecule has 1 aromatic heterocycles. The summed E-state index contributed by atoms with van der Waals surface area (Å²) >= 11 is 0. The molecule has 24 heavy (non-hydrogen) atoms. The fourth-order valence-corrected chi connectivity index (χ4v) is 3.42. The van der Waals surface area contributed by atoms with E-state index >= 15 is 0 Å². The first-order chi connectivity index (χ1) is 11.6. The Morgan fingerprint density at radius 1 is 1.42 bits per heavy atom. The van der Waals surface area contributed by atoms with Crippen LogP contribution in [0.2, 0.25) is 0 Å². The van der Waals surface area contributed by atoms with E-state index in [0.29, 0.717) is 25.4 Å². The molecule has 3 rings (SSSR count). The van der Waals surface area contributed by atoms with Gasteiger partial charge in [-0.1, -0.05) is 36.8 Å². The number of aliphatic hydroxyl groups excluding tert-OH is 1. The lowest BCUT2D eigenvalue weighted by atomic mass is 9.89. The summed E-state index contributed by atoms with van der Waals surface area (Å²) in [6.07, 6.45) is 3.28. The predicted molar refractivity (Wildman–Crippen MR) is 93.6 cm³/mol. The monoisotopic (exact) mass is 327 g/mol. The van der Waals surface area contributed by atoms with Gasteiger partial charge in [0, 0.05) is 30.3 Å². The third-order valence-corrected chi connectivity index (χ3v) is 4.88. The Kier molecular flexibility index (Phi) is 5.00. The minimum Gasteiger partial charge on any atom is -0.383 e. The number of aliphatic hydroxyl groups is 1. The van der Waals surface area contributed by atoms with Crippen LogP contribution < -0.4 is 0 Å². The van der Waals surface area contributed by atoms with Crippen molar-refractivity contribution in [2.45, 2.75) is 45.1 Å². The lowest BCUT2D eigenvalue weighted by Crippen LogP contribution is -2.43. The molecule has 1 amide bonds. The van der Waals surface area contributed by atoms with Crippen molar-refractivity contribution in [2.75, 3.05) is 13.1 Å². The van der Waals surface area contributed by atoms with Crippen LogP contribution in [0.1, 0.15) is 43.4 Å². The highest BCUT2D eigenvalue weighted by molar-refractivity contribution is 5.80. The third-order valence-electron chi connectivity index (χ3n) is 4.88. The van der Waals surface area contributed by atoms with Crippen molar-refractivity contribution in [1.82, 2.24) is 15.1 Å². The van der Waals surface area contributed by atoms with Crippen LogP contribution in [0.4, 0.5) is 0 Å². The topological polar surface area (TPSA) is 69.2 Å². The van der Waals surface area contributed by atoms with Gasteiger partial charge in [0.25, 0.3) is 5.91 Å². The van der Waals surface area contributed by atoms with Gasteiger partial charge in [0.2, 0.25) is 0 Å². The number of piperidine rings is 1. The van der Waals surface area contributed by atoms with Crippen molar-refractivity contribution in [3.8, 4) is 11.1 Å². The third kappa shape index (κ3) is 3.36. The highest BCUT2D eigenvalue weighted by atomic mass is 16.3. The zero-order chi connectivity index (χ0) is 17.1. The van der Waals surface area contributed by atoms with Crippen molar-refractivity contribution in [3.63, 3.8) is 0 Å². The molecule has 5 heteroatoms. The van der Waals surface area contributed by atoms with E-state index in [9.17, 15) is 9.90 Å². The molecule has 1 fully saturated rings. The summed E-state index contributed by atoms with van der Waals surface area (Å²) in [5.74, 6) is 0.227. The SMILES string of the molecule is CC[C@@H](O)C(=O)N1CCC(c2[nH]ncc2-c2cccc(C)c2)CC1. The molecule has 0 radical (unpaired) electrons. The van der Waals surface area contributed by atoms with Gasteiger partial charge in [-0.2, -0.15) is 5.10 Å².